The highest BCUT2D eigenvalue weighted by molar-refractivity contribution is 6.05. The Morgan fingerprint density at radius 3 is 2.50 bits per heavy atom. The number of methoxy groups -OCH3 is 2. The van der Waals surface area contributed by atoms with Gasteiger partial charge in [0.2, 0.25) is 0 Å². The molecule has 2 N–H and O–H groups in total. The molecule has 0 radical (unpaired) electrons. The summed E-state index contributed by atoms with van der Waals surface area (Å²) in [6, 6.07) is 5.14. The van der Waals surface area contributed by atoms with Gasteiger partial charge < -0.3 is 15.2 Å². The van der Waals surface area contributed by atoms with Crippen LogP contribution >= 0.6 is 0 Å². The van der Waals surface area contributed by atoms with Gasteiger partial charge in [-0.3, -0.25) is 4.79 Å². The molecule has 0 aliphatic carbocycles. The van der Waals surface area contributed by atoms with Crippen LogP contribution in [0.3, 0.4) is 0 Å². The number of carbonyl (C=O) groups excluding carboxylic acids is 1. The molecule has 0 aliphatic heterocycles. The smallest absolute Gasteiger partial charge is 0.186 e. The summed E-state index contributed by atoms with van der Waals surface area (Å²) in [4.78, 5) is 12.4. The first kappa shape index (κ1) is 14.5. The quantitative estimate of drug-likeness (QED) is 0.789. The highest BCUT2D eigenvalue weighted by Crippen LogP contribution is 2.28. The van der Waals surface area contributed by atoms with E-state index < -0.39 is 5.54 Å². The van der Waals surface area contributed by atoms with E-state index >= 15 is 0 Å². The Labute approximate surface area is 108 Å². The first-order chi connectivity index (χ1) is 8.46. The normalized spacial score (nSPS) is 13.8. The fourth-order valence-electron chi connectivity index (χ4n) is 1.93. The lowest BCUT2D eigenvalue weighted by Gasteiger charge is -2.23. The van der Waals surface area contributed by atoms with Crippen molar-refractivity contribution in [1.29, 1.82) is 0 Å². The molecule has 0 saturated carbocycles. The molecule has 18 heavy (non-hydrogen) atoms. The van der Waals surface area contributed by atoms with Gasteiger partial charge in [0.25, 0.3) is 0 Å². The minimum atomic E-state index is -0.881. The Morgan fingerprint density at radius 1 is 1.33 bits per heavy atom. The second kappa shape index (κ2) is 5.87. The van der Waals surface area contributed by atoms with Crippen LogP contribution in [0, 0.1) is 0 Å². The number of hydrogen-bond acceptors (Lipinski definition) is 4. The van der Waals surface area contributed by atoms with Crippen LogP contribution in [0.4, 0.5) is 0 Å². The highest BCUT2D eigenvalue weighted by atomic mass is 16.5. The van der Waals surface area contributed by atoms with Gasteiger partial charge in [-0.05, 0) is 31.5 Å². The van der Waals surface area contributed by atoms with Crippen molar-refractivity contribution >= 4 is 5.78 Å². The van der Waals surface area contributed by atoms with Gasteiger partial charge in [0.05, 0.1) is 25.3 Å². The monoisotopic (exact) mass is 251 g/mol. The predicted octanol–water partition coefficient (Wildman–Crippen LogP) is 2.40. The van der Waals surface area contributed by atoms with E-state index in [9.17, 15) is 4.79 Å². The van der Waals surface area contributed by atoms with Crippen LogP contribution in [-0.2, 0) is 0 Å². The number of nitrogens with two attached hydrogens (primary N) is 1. The van der Waals surface area contributed by atoms with Crippen LogP contribution < -0.4 is 15.2 Å². The fraction of sp³-hybridized carbons (Fsp3) is 0.500. The van der Waals surface area contributed by atoms with Crippen molar-refractivity contribution in [3.8, 4) is 11.5 Å². The first-order valence-electron chi connectivity index (χ1n) is 6.02. The van der Waals surface area contributed by atoms with E-state index in [0.29, 0.717) is 23.5 Å². The Balaban J connectivity index is 3.17. The molecule has 1 aromatic carbocycles. The fourth-order valence-corrected chi connectivity index (χ4v) is 1.93. The number of Topliss-reactive ketones (excluding diaryl/α,β-unsaturated/α-hetero) is 1. The average molecular weight is 251 g/mol. The lowest BCUT2D eigenvalue weighted by Crippen LogP contribution is -2.44. The van der Waals surface area contributed by atoms with E-state index in [-0.39, 0.29) is 5.78 Å². The lowest BCUT2D eigenvalue weighted by atomic mass is 9.87. The minimum absolute atomic E-state index is 0.125. The maximum Gasteiger partial charge on any atom is 0.186 e. The van der Waals surface area contributed by atoms with Gasteiger partial charge in [-0.15, -0.1) is 0 Å². The maximum absolute atomic E-state index is 12.4. The van der Waals surface area contributed by atoms with E-state index in [2.05, 4.69) is 0 Å². The third-order valence-electron chi connectivity index (χ3n) is 2.94. The van der Waals surface area contributed by atoms with E-state index in [4.69, 9.17) is 15.2 Å². The van der Waals surface area contributed by atoms with Crippen molar-refractivity contribution in [3.05, 3.63) is 23.8 Å². The molecule has 100 valence electrons. The molecule has 0 saturated heterocycles. The third-order valence-corrected chi connectivity index (χ3v) is 2.94. The number of benzene rings is 1. The number of hydrogen-bond donors (Lipinski definition) is 1. The summed E-state index contributed by atoms with van der Waals surface area (Å²) in [5.74, 6) is 1.01. The van der Waals surface area contributed by atoms with Crippen LogP contribution in [0.25, 0.3) is 0 Å². The number of ketones is 1. The van der Waals surface area contributed by atoms with Gasteiger partial charge in [0.1, 0.15) is 11.5 Å². The van der Waals surface area contributed by atoms with Crippen molar-refractivity contribution in [2.45, 2.75) is 32.2 Å². The van der Waals surface area contributed by atoms with Crippen LogP contribution in [0.2, 0.25) is 0 Å². The summed E-state index contributed by atoms with van der Waals surface area (Å²) in [7, 11) is 3.09. The first-order valence-corrected chi connectivity index (χ1v) is 6.02. The highest BCUT2D eigenvalue weighted by Gasteiger charge is 2.30. The summed E-state index contributed by atoms with van der Waals surface area (Å²) in [6.07, 6.45) is 1.48. The molecule has 1 rings (SSSR count). The van der Waals surface area contributed by atoms with Gasteiger partial charge in [-0.1, -0.05) is 13.3 Å². The number of rotatable bonds is 6. The lowest BCUT2D eigenvalue weighted by molar-refractivity contribution is 0.0889. The standard InChI is InChI=1S/C14H21NO3/c1-5-8-14(2,15)13(16)11-9-10(17-3)6-7-12(11)18-4/h6-7,9H,5,8,15H2,1-4H3. The molecule has 0 aliphatic rings. The summed E-state index contributed by atoms with van der Waals surface area (Å²) in [6.45, 7) is 3.75. The predicted molar refractivity (Wildman–Crippen MR) is 71.4 cm³/mol. The maximum atomic E-state index is 12.4. The van der Waals surface area contributed by atoms with Crippen molar-refractivity contribution in [2.75, 3.05) is 14.2 Å². The van der Waals surface area contributed by atoms with Gasteiger partial charge in [-0.25, -0.2) is 0 Å². The molecule has 1 atom stereocenters. The van der Waals surface area contributed by atoms with E-state index in [1.54, 1.807) is 32.2 Å². The molecule has 0 bridgehead atoms. The summed E-state index contributed by atoms with van der Waals surface area (Å²) < 4.78 is 10.3. The van der Waals surface area contributed by atoms with E-state index in [0.717, 1.165) is 6.42 Å². The van der Waals surface area contributed by atoms with Crippen molar-refractivity contribution in [2.24, 2.45) is 5.73 Å². The molecule has 4 nitrogen and oxygen atoms in total. The van der Waals surface area contributed by atoms with Gasteiger partial charge >= 0.3 is 0 Å². The van der Waals surface area contributed by atoms with Crippen LogP contribution in [-0.4, -0.2) is 25.5 Å². The van der Waals surface area contributed by atoms with Gasteiger partial charge in [-0.2, -0.15) is 0 Å². The minimum Gasteiger partial charge on any atom is -0.497 e. The number of carbonyl (C=O) groups is 1. The topological polar surface area (TPSA) is 61.6 Å². The Morgan fingerprint density at radius 2 is 2.00 bits per heavy atom. The van der Waals surface area contributed by atoms with E-state index in [1.165, 1.54) is 7.11 Å². The van der Waals surface area contributed by atoms with Crippen molar-refractivity contribution in [1.82, 2.24) is 0 Å². The summed E-state index contributed by atoms with van der Waals surface area (Å²) in [5.41, 5.74) is 5.66. The van der Waals surface area contributed by atoms with E-state index in [1.807, 2.05) is 6.92 Å². The molecule has 0 amide bonds. The Kier molecular flexibility index (Phi) is 4.73. The molecular formula is C14H21NO3. The Bertz CT molecular complexity index is 427. The van der Waals surface area contributed by atoms with Crippen LogP contribution in [0.1, 0.15) is 37.0 Å². The van der Waals surface area contributed by atoms with Gasteiger partial charge in [0.15, 0.2) is 5.78 Å². The summed E-state index contributed by atoms with van der Waals surface area (Å²) >= 11 is 0. The SMILES string of the molecule is CCCC(C)(N)C(=O)c1cc(OC)ccc1OC. The summed E-state index contributed by atoms with van der Waals surface area (Å²) in [5, 5.41) is 0. The molecule has 1 unspecified atom stereocenters. The third kappa shape index (κ3) is 3.01. The molecule has 0 aromatic heterocycles. The second-order valence-electron chi connectivity index (χ2n) is 4.56. The average Bonchev–Trinajstić information content (AvgIpc) is 2.37. The Hall–Kier alpha value is -1.55. The zero-order valence-electron chi connectivity index (χ0n) is 11.4. The molecule has 4 heteroatoms. The zero-order chi connectivity index (χ0) is 13.8. The molecule has 0 fully saturated rings. The van der Waals surface area contributed by atoms with Crippen molar-refractivity contribution in [3.63, 3.8) is 0 Å². The molecular weight excluding hydrogens is 230 g/mol. The van der Waals surface area contributed by atoms with Crippen molar-refractivity contribution < 1.29 is 14.3 Å². The largest absolute Gasteiger partial charge is 0.497 e. The van der Waals surface area contributed by atoms with Gasteiger partial charge in [0, 0.05) is 0 Å². The van der Waals surface area contributed by atoms with Crippen LogP contribution in [0.5, 0.6) is 11.5 Å². The second-order valence-corrected chi connectivity index (χ2v) is 4.56. The zero-order valence-corrected chi connectivity index (χ0v) is 11.4. The van der Waals surface area contributed by atoms with Crippen LogP contribution in [0.15, 0.2) is 18.2 Å². The molecule has 1 aromatic rings. The number of ether oxygens (including phenoxy) is 2. The molecule has 0 heterocycles. The molecule has 0 spiro atoms.